The highest BCUT2D eigenvalue weighted by Gasteiger charge is 2.23. The van der Waals surface area contributed by atoms with Crippen LogP contribution in [-0.4, -0.2) is 54.9 Å². The summed E-state index contributed by atoms with van der Waals surface area (Å²) in [6.45, 7) is 2.44. The zero-order valence-corrected chi connectivity index (χ0v) is 15.0. The third-order valence-electron chi connectivity index (χ3n) is 4.70. The quantitative estimate of drug-likeness (QED) is 0.826. The molecule has 0 aliphatic carbocycles. The number of rotatable bonds is 5. The van der Waals surface area contributed by atoms with Crippen LogP contribution in [0, 0.1) is 0 Å². The summed E-state index contributed by atoms with van der Waals surface area (Å²) in [4.78, 5) is 28.7. The van der Waals surface area contributed by atoms with Gasteiger partial charge >= 0.3 is 0 Å². The lowest BCUT2D eigenvalue weighted by molar-refractivity contribution is -0.131. The fourth-order valence-corrected chi connectivity index (χ4v) is 3.25. The minimum absolute atomic E-state index is 0.0397. The number of carbonyl (C=O) groups is 2. The minimum atomic E-state index is -0.0397. The smallest absolute Gasteiger partial charge is 0.257 e. The summed E-state index contributed by atoms with van der Waals surface area (Å²) in [6.07, 6.45) is 4.83. The highest BCUT2D eigenvalue weighted by molar-refractivity contribution is 5.93. The van der Waals surface area contributed by atoms with Gasteiger partial charge in [-0.15, -0.1) is 0 Å². The maximum absolute atomic E-state index is 12.6. The number of hydrogen-bond donors (Lipinski definition) is 0. The van der Waals surface area contributed by atoms with Crippen LogP contribution in [0.5, 0.6) is 5.75 Å². The Balaban J connectivity index is 1.53. The SMILES string of the molecule is COc1ccccc1CCC(=O)N1CCCN(C(=O)c2ccoc2)CC1. The molecule has 2 amide bonds. The first-order valence-electron chi connectivity index (χ1n) is 8.90. The third kappa shape index (κ3) is 4.25. The summed E-state index contributed by atoms with van der Waals surface area (Å²) in [5, 5.41) is 0. The number of benzene rings is 1. The van der Waals surface area contributed by atoms with E-state index in [1.807, 2.05) is 29.2 Å². The molecule has 0 unspecified atom stereocenters. The van der Waals surface area contributed by atoms with E-state index in [9.17, 15) is 9.59 Å². The first kappa shape index (κ1) is 18.0. The number of carbonyl (C=O) groups excluding carboxylic acids is 2. The van der Waals surface area contributed by atoms with Gasteiger partial charge in [0.2, 0.25) is 5.91 Å². The molecule has 6 heteroatoms. The Labute approximate surface area is 153 Å². The molecule has 0 N–H and O–H groups in total. The van der Waals surface area contributed by atoms with Gasteiger partial charge in [-0.3, -0.25) is 9.59 Å². The van der Waals surface area contributed by atoms with Gasteiger partial charge in [0.15, 0.2) is 0 Å². The zero-order valence-electron chi connectivity index (χ0n) is 15.0. The highest BCUT2D eigenvalue weighted by atomic mass is 16.5. The van der Waals surface area contributed by atoms with E-state index in [-0.39, 0.29) is 11.8 Å². The molecular formula is C20H24N2O4. The van der Waals surface area contributed by atoms with Gasteiger partial charge in [0.1, 0.15) is 12.0 Å². The van der Waals surface area contributed by atoms with Gasteiger partial charge < -0.3 is 19.0 Å². The summed E-state index contributed by atoms with van der Waals surface area (Å²) >= 11 is 0. The summed E-state index contributed by atoms with van der Waals surface area (Å²) < 4.78 is 10.3. The lowest BCUT2D eigenvalue weighted by Crippen LogP contribution is -2.37. The fourth-order valence-electron chi connectivity index (χ4n) is 3.25. The first-order valence-corrected chi connectivity index (χ1v) is 8.90. The van der Waals surface area contributed by atoms with Crippen molar-refractivity contribution in [1.29, 1.82) is 0 Å². The maximum Gasteiger partial charge on any atom is 0.257 e. The van der Waals surface area contributed by atoms with Crippen LogP contribution >= 0.6 is 0 Å². The molecule has 1 aliphatic rings. The largest absolute Gasteiger partial charge is 0.496 e. The van der Waals surface area contributed by atoms with Crippen LogP contribution in [0.2, 0.25) is 0 Å². The predicted octanol–water partition coefficient (Wildman–Crippen LogP) is 2.60. The van der Waals surface area contributed by atoms with E-state index in [1.54, 1.807) is 18.1 Å². The van der Waals surface area contributed by atoms with Crippen LogP contribution in [0.3, 0.4) is 0 Å². The van der Waals surface area contributed by atoms with E-state index < -0.39 is 0 Å². The molecule has 1 saturated heterocycles. The van der Waals surface area contributed by atoms with Gasteiger partial charge in [0, 0.05) is 32.6 Å². The standard InChI is InChI=1S/C20H24N2O4/c1-25-18-6-3-2-5-16(18)7-8-19(23)21-10-4-11-22(13-12-21)20(24)17-9-14-26-15-17/h2-3,5-6,9,14-15H,4,7-8,10-13H2,1H3. The molecule has 138 valence electrons. The first-order chi connectivity index (χ1) is 12.7. The van der Waals surface area contributed by atoms with Gasteiger partial charge in [-0.1, -0.05) is 18.2 Å². The fraction of sp³-hybridized carbons (Fsp3) is 0.400. The minimum Gasteiger partial charge on any atom is -0.496 e. The molecule has 3 rings (SSSR count). The van der Waals surface area contributed by atoms with Crippen molar-refractivity contribution in [2.24, 2.45) is 0 Å². The Hall–Kier alpha value is -2.76. The molecule has 1 aromatic heterocycles. The van der Waals surface area contributed by atoms with Crippen molar-refractivity contribution in [3.8, 4) is 5.75 Å². The summed E-state index contributed by atoms with van der Waals surface area (Å²) in [5.74, 6) is 0.892. The third-order valence-corrected chi connectivity index (χ3v) is 4.70. The Bertz CT molecular complexity index is 742. The lowest BCUT2D eigenvalue weighted by Gasteiger charge is -2.22. The Morgan fingerprint density at radius 2 is 1.85 bits per heavy atom. The Morgan fingerprint density at radius 3 is 2.62 bits per heavy atom. The lowest BCUT2D eigenvalue weighted by atomic mass is 10.1. The normalized spacial score (nSPS) is 14.8. The van der Waals surface area contributed by atoms with Crippen molar-refractivity contribution in [3.05, 3.63) is 54.0 Å². The average molecular weight is 356 g/mol. The van der Waals surface area contributed by atoms with Gasteiger partial charge in [0.25, 0.3) is 5.91 Å². The van der Waals surface area contributed by atoms with Crippen molar-refractivity contribution in [2.75, 3.05) is 33.3 Å². The second-order valence-electron chi connectivity index (χ2n) is 6.35. The molecular weight excluding hydrogens is 332 g/mol. The summed E-state index contributed by atoms with van der Waals surface area (Å²) in [7, 11) is 1.64. The van der Waals surface area contributed by atoms with Crippen molar-refractivity contribution in [1.82, 2.24) is 9.80 Å². The second kappa shape index (κ2) is 8.56. The number of hydrogen-bond acceptors (Lipinski definition) is 4. The van der Waals surface area contributed by atoms with Crippen LogP contribution in [0.15, 0.2) is 47.3 Å². The number of ether oxygens (including phenoxy) is 1. The molecule has 26 heavy (non-hydrogen) atoms. The number of aryl methyl sites for hydroxylation is 1. The van der Waals surface area contributed by atoms with E-state index >= 15 is 0 Å². The van der Waals surface area contributed by atoms with Crippen LogP contribution in [0.4, 0.5) is 0 Å². The number of amides is 2. The molecule has 6 nitrogen and oxygen atoms in total. The highest BCUT2D eigenvalue weighted by Crippen LogP contribution is 2.19. The topological polar surface area (TPSA) is 63.0 Å². The van der Waals surface area contributed by atoms with E-state index in [2.05, 4.69) is 0 Å². The molecule has 0 radical (unpaired) electrons. The van der Waals surface area contributed by atoms with Crippen molar-refractivity contribution in [3.63, 3.8) is 0 Å². The van der Waals surface area contributed by atoms with Crippen LogP contribution in [0.25, 0.3) is 0 Å². The van der Waals surface area contributed by atoms with E-state index in [4.69, 9.17) is 9.15 Å². The van der Waals surface area contributed by atoms with E-state index in [0.717, 1.165) is 17.7 Å². The van der Waals surface area contributed by atoms with Gasteiger partial charge in [-0.2, -0.15) is 0 Å². The molecule has 1 fully saturated rings. The molecule has 2 heterocycles. The monoisotopic (exact) mass is 356 g/mol. The van der Waals surface area contributed by atoms with E-state index in [1.165, 1.54) is 12.5 Å². The number of furan rings is 1. The van der Waals surface area contributed by atoms with Crippen molar-refractivity contribution < 1.29 is 18.7 Å². The van der Waals surface area contributed by atoms with Crippen molar-refractivity contribution in [2.45, 2.75) is 19.3 Å². The predicted molar refractivity (Wildman–Crippen MR) is 97.1 cm³/mol. The van der Waals surface area contributed by atoms with Gasteiger partial charge in [-0.05, 0) is 30.5 Å². The number of nitrogens with zero attached hydrogens (tertiary/aromatic N) is 2. The Kier molecular flexibility index (Phi) is 5.94. The molecule has 1 aromatic carbocycles. The van der Waals surface area contributed by atoms with Crippen LogP contribution in [0.1, 0.15) is 28.8 Å². The van der Waals surface area contributed by atoms with Crippen molar-refractivity contribution >= 4 is 11.8 Å². The molecule has 0 spiro atoms. The average Bonchev–Trinajstić information content (AvgIpc) is 3.10. The summed E-state index contributed by atoms with van der Waals surface area (Å²) in [6, 6.07) is 9.44. The molecule has 0 saturated carbocycles. The zero-order chi connectivity index (χ0) is 18.4. The maximum atomic E-state index is 12.6. The Morgan fingerprint density at radius 1 is 1.08 bits per heavy atom. The van der Waals surface area contributed by atoms with Crippen LogP contribution < -0.4 is 4.74 Å². The molecule has 2 aromatic rings. The molecule has 1 aliphatic heterocycles. The second-order valence-corrected chi connectivity index (χ2v) is 6.35. The number of methoxy groups -OCH3 is 1. The summed E-state index contributed by atoms with van der Waals surface area (Å²) in [5.41, 5.74) is 1.59. The van der Waals surface area contributed by atoms with E-state index in [0.29, 0.717) is 44.6 Å². The molecule has 0 atom stereocenters. The number of para-hydroxylation sites is 1. The molecule has 0 bridgehead atoms. The van der Waals surface area contributed by atoms with Gasteiger partial charge in [0.05, 0.1) is 18.9 Å². The van der Waals surface area contributed by atoms with Crippen LogP contribution in [-0.2, 0) is 11.2 Å². The van der Waals surface area contributed by atoms with Gasteiger partial charge in [-0.25, -0.2) is 0 Å².